The van der Waals surface area contributed by atoms with Gasteiger partial charge in [-0.3, -0.25) is 10.1 Å². The van der Waals surface area contributed by atoms with Gasteiger partial charge in [0.05, 0.1) is 4.92 Å². The molecular weight excluding hydrogens is 266 g/mol. The summed E-state index contributed by atoms with van der Waals surface area (Å²) < 4.78 is 2.23. The summed E-state index contributed by atoms with van der Waals surface area (Å²) in [5.74, 6) is 0. The Morgan fingerprint density at radius 3 is 2.62 bits per heavy atom. The Morgan fingerprint density at radius 1 is 1.29 bits per heavy atom. The zero-order valence-corrected chi connectivity index (χ0v) is 12.5. The molecule has 0 saturated carbocycles. The summed E-state index contributed by atoms with van der Waals surface area (Å²) in [6, 6.07) is 11.3. The molecule has 21 heavy (non-hydrogen) atoms. The summed E-state index contributed by atoms with van der Waals surface area (Å²) >= 11 is 0. The van der Waals surface area contributed by atoms with E-state index in [9.17, 15) is 10.1 Å². The predicted octanol–water partition coefficient (Wildman–Crippen LogP) is 3.31. The molecule has 0 aliphatic carbocycles. The lowest BCUT2D eigenvalue weighted by Crippen LogP contribution is -2.21. The number of non-ortho nitro benzene ring substituents is 1. The van der Waals surface area contributed by atoms with Crippen LogP contribution in [0.4, 0.5) is 5.69 Å². The number of nitrogens with zero attached hydrogens (tertiary/aromatic N) is 2. The van der Waals surface area contributed by atoms with Crippen molar-refractivity contribution < 1.29 is 4.92 Å². The molecule has 1 N–H and O–H groups in total. The molecule has 1 unspecified atom stereocenters. The van der Waals surface area contributed by atoms with Crippen LogP contribution >= 0.6 is 0 Å². The van der Waals surface area contributed by atoms with Crippen molar-refractivity contribution in [1.82, 2.24) is 9.88 Å². The van der Waals surface area contributed by atoms with Crippen molar-refractivity contribution in [2.45, 2.75) is 32.9 Å². The maximum absolute atomic E-state index is 10.6. The molecule has 0 bridgehead atoms. The Hall–Kier alpha value is -2.14. The summed E-state index contributed by atoms with van der Waals surface area (Å²) in [4.78, 5) is 10.3. The van der Waals surface area contributed by atoms with Crippen molar-refractivity contribution in [3.05, 3.63) is 64.0 Å². The molecule has 2 rings (SSSR count). The summed E-state index contributed by atoms with van der Waals surface area (Å²) in [5.41, 5.74) is 2.51. The van der Waals surface area contributed by atoms with Crippen LogP contribution in [0.1, 0.15) is 31.1 Å². The average molecular weight is 287 g/mol. The molecule has 0 spiro atoms. The van der Waals surface area contributed by atoms with Gasteiger partial charge in [0.1, 0.15) is 0 Å². The minimum atomic E-state index is -0.369. The molecule has 0 aliphatic rings. The molecule has 0 aliphatic heterocycles. The Morgan fingerprint density at radius 2 is 2.00 bits per heavy atom. The lowest BCUT2D eigenvalue weighted by atomic mass is 10.1. The Bertz CT molecular complexity index is 590. The van der Waals surface area contributed by atoms with E-state index in [1.54, 1.807) is 12.1 Å². The quantitative estimate of drug-likeness (QED) is 0.628. The van der Waals surface area contributed by atoms with E-state index in [0.29, 0.717) is 6.04 Å². The molecule has 1 aromatic heterocycles. The summed E-state index contributed by atoms with van der Waals surface area (Å²) in [5, 5.41) is 14.0. The first-order chi connectivity index (χ1) is 10.1. The highest BCUT2D eigenvalue weighted by Gasteiger charge is 2.09. The van der Waals surface area contributed by atoms with E-state index < -0.39 is 0 Å². The van der Waals surface area contributed by atoms with Gasteiger partial charge < -0.3 is 9.88 Å². The van der Waals surface area contributed by atoms with Gasteiger partial charge in [-0.05, 0) is 37.6 Å². The fraction of sp³-hybridized carbons (Fsp3) is 0.375. The van der Waals surface area contributed by atoms with E-state index in [-0.39, 0.29) is 10.6 Å². The van der Waals surface area contributed by atoms with Gasteiger partial charge in [-0.15, -0.1) is 0 Å². The van der Waals surface area contributed by atoms with E-state index in [0.717, 1.165) is 25.1 Å². The van der Waals surface area contributed by atoms with Crippen LogP contribution in [-0.4, -0.2) is 16.0 Å². The molecule has 0 amide bonds. The van der Waals surface area contributed by atoms with Crippen LogP contribution < -0.4 is 5.32 Å². The molecule has 0 fully saturated rings. The van der Waals surface area contributed by atoms with Gasteiger partial charge >= 0.3 is 0 Å². The number of benzene rings is 1. The second kappa shape index (κ2) is 7.04. The van der Waals surface area contributed by atoms with Crippen molar-refractivity contribution in [1.29, 1.82) is 0 Å². The van der Waals surface area contributed by atoms with Crippen LogP contribution in [0.5, 0.6) is 0 Å². The standard InChI is InChI=1S/C16H21N3O2/c1-3-17-13(2)16-5-4-11-18(16)12-10-14-6-8-15(9-7-14)19(20)21/h4-9,11,13,17H,3,10,12H2,1-2H3. The zero-order chi connectivity index (χ0) is 15.2. The molecule has 112 valence electrons. The summed E-state index contributed by atoms with van der Waals surface area (Å²) in [7, 11) is 0. The van der Waals surface area contributed by atoms with Crippen LogP contribution in [0.15, 0.2) is 42.6 Å². The fourth-order valence-electron chi connectivity index (χ4n) is 2.47. The maximum atomic E-state index is 10.6. The topological polar surface area (TPSA) is 60.1 Å². The van der Waals surface area contributed by atoms with Crippen molar-refractivity contribution >= 4 is 5.69 Å². The number of aryl methyl sites for hydroxylation is 2. The van der Waals surface area contributed by atoms with Gasteiger partial charge in [0.15, 0.2) is 0 Å². The number of nitro benzene ring substituents is 1. The smallest absolute Gasteiger partial charge is 0.269 e. The second-order valence-electron chi connectivity index (χ2n) is 5.08. The van der Waals surface area contributed by atoms with Gasteiger partial charge in [0.2, 0.25) is 0 Å². The predicted molar refractivity (Wildman–Crippen MR) is 83.3 cm³/mol. The molecule has 1 atom stereocenters. The lowest BCUT2D eigenvalue weighted by Gasteiger charge is -2.16. The van der Waals surface area contributed by atoms with Crippen molar-refractivity contribution in [3.63, 3.8) is 0 Å². The molecule has 1 aromatic carbocycles. The third-order valence-corrected chi connectivity index (χ3v) is 3.61. The second-order valence-corrected chi connectivity index (χ2v) is 5.08. The highest BCUT2D eigenvalue weighted by Crippen LogP contribution is 2.16. The van der Waals surface area contributed by atoms with E-state index >= 15 is 0 Å². The van der Waals surface area contributed by atoms with E-state index in [1.165, 1.54) is 5.69 Å². The highest BCUT2D eigenvalue weighted by atomic mass is 16.6. The first-order valence-electron chi connectivity index (χ1n) is 7.23. The highest BCUT2D eigenvalue weighted by molar-refractivity contribution is 5.32. The maximum Gasteiger partial charge on any atom is 0.269 e. The van der Waals surface area contributed by atoms with Gasteiger partial charge in [-0.25, -0.2) is 0 Å². The Kier molecular flexibility index (Phi) is 5.11. The van der Waals surface area contributed by atoms with Crippen molar-refractivity contribution in [2.24, 2.45) is 0 Å². The van der Waals surface area contributed by atoms with Crippen LogP contribution in [-0.2, 0) is 13.0 Å². The third kappa shape index (κ3) is 3.92. The average Bonchev–Trinajstić information content (AvgIpc) is 2.94. The number of aromatic nitrogens is 1. The number of hydrogen-bond acceptors (Lipinski definition) is 3. The van der Waals surface area contributed by atoms with E-state index in [1.807, 2.05) is 12.1 Å². The Labute approximate surface area is 124 Å². The van der Waals surface area contributed by atoms with Crippen LogP contribution in [0.3, 0.4) is 0 Å². The summed E-state index contributed by atoms with van der Waals surface area (Å²) in [6.07, 6.45) is 2.94. The molecular formula is C16H21N3O2. The van der Waals surface area contributed by atoms with Gasteiger partial charge in [0, 0.05) is 36.6 Å². The van der Waals surface area contributed by atoms with Gasteiger partial charge in [-0.2, -0.15) is 0 Å². The number of hydrogen-bond donors (Lipinski definition) is 1. The number of nitrogens with one attached hydrogen (secondary N) is 1. The third-order valence-electron chi connectivity index (χ3n) is 3.61. The van der Waals surface area contributed by atoms with Gasteiger partial charge in [-0.1, -0.05) is 19.1 Å². The summed E-state index contributed by atoms with van der Waals surface area (Å²) in [6.45, 7) is 6.06. The lowest BCUT2D eigenvalue weighted by molar-refractivity contribution is -0.384. The number of nitro groups is 1. The Balaban J connectivity index is 2.00. The van der Waals surface area contributed by atoms with E-state index in [2.05, 4.69) is 42.1 Å². The minimum absolute atomic E-state index is 0.140. The molecule has 0 saturated heterocycles. The fourth-order valence-corrected chi connectivity index (χ4v) is 2.47. The molecule has 0 radical (unpaired) electrons. The van der Waals surface area contributed by atoms with Crippen LogP contribution in [0.25, 0.3) is 0 Å². The minimum Gasteiger partial charge on any atom is -0.350 e. The van der Waals surface area contributed by atoms with Crippen molar-refractivity contribution in [3.8, 4) is 0 Å². The number of rotatable bonds is 7. The monoisotopic (exact) mass is 287 g/mol. The van der Waals surface area contributed by atoms with Crippen LogP contribution in [0.2, 0.25) is 0 Å². The SMILES string of the molecule is CCNC(C)c1cccn1CCc1ccc([N+](=O)[O-])cc1. The zero-order valence-electron chi connectivity index (χ0n) is 12.5. The largest absolute Gasteiger partial charge is 0.350 e. The first kappa shape index (κ1) is 15.3. The molecule has 5 heteroatoms. The van der Waals surface area contributed by atoms with Gasteiger partial charge in [0.25, 0.3) is 5.69 Å². The molecule has 1 heterocycles. The molecule has 5 nitrogen and oxygen atoms in total. The van der Waals surface area contributed by atoms with Crippen molar-refractivity contribution in [2.75, 3.05) is 6.54 Å². The first-order valence-corrected chi connectivity index (χ1v) is 7.23. The normalized spacial score (nSPS) is 12.3. The van der Waals surface area contributed by atoms with E-state index in [4.69, 9.17) is 0 Å². The molecule has 2 aromatic rings. The van der Waals surface area contributed by atoms with Crippen LogP contribution in [0, 0.1) is 10.1 Å².